The number of benzene rings is 1. The van der Waals surface area contributed by atoms with Gasteiger partial charge in [-0.3, -0.25) is 19.3 Å². The van der Waals surface area contributed by atoms with Crippen molar-refractivity contribution in [2.75, 3.05) is 27.3 Å². The lowest BCUT2D eigenvalue weighted by Gasteiger charge is -2.47. The summed E-state index contributed by atoms with van der Waals surface area (Å²) in [5.74, 6) is 0.997. The molecular weight excluding hydrogens is 396 g/mol. The van der Waals surface area contributed by atoms with Crippen molar-refractivity contribution < 1.29 is 23.9 Å². The van der Waals surface area contributed by atoms with E-state index in [0.717, 1.165) is 18.4 Å². The third kappa shape index (κ3) is 4.14. The summed E-state index contributed by atoms with van der Waals surface area (Å²) in [5.41, 5.74) is 0.237. The third-order valence-corrected chi connectivity index (χ3v) is 7.48. The van der Waals surface area contributed by atoms with Crippen LogP contribution in [0.4, 0.5) is 0 Å². The molecule has 170 valence electrons. The monoisotopic (exact) mass is 430 g/mol. The number of hydrogen-bond acceptors (Lipinski definition) is 5. The molecule has 3 rings (SSSR count). The van der Waals surface area contributed by atoms with Gasteiger partial charge in [0.1, 0.15) is 0 Å². The number of rotatable bonds is 9. The highest BCUT2D eigenvalue weighted by atomic mass is 16.5. The van der Waals surface area contributed by atoms with Gasteiger partial charge in [0, 0.05) is 25.4 Å². The first kappa shape index (κ1) is 23.1. The molecule has 0 spiro atoms. The zero-order valence-corrected chi connectivity index (χ0v) is 19.2. The zero-order chi connectivity index (χ0) is 22.8. The number of nitrogens with one attached hydrogen (secondary N) is 1. The van der Waals surface area contributed by atoms with E-state index in [9.17, 15) is 14.4 Å². The summed E-state index contributed by atoms with van der Waals surface area (Å²) in [6.45, 7) is 6.86. The van der Waals surface area contributed by atoms with E-state index < -0.39 is 5.41 Å². The maximum absolute atomic E-state index is 13.0. The molecule has 31 heavy (non-hydrogen) atoms. The van der Waals surface area contributed by atoms with E-state index in [1.807, 2.05) is 39.0 Å². The van der Waals surface area contributed by atoms with Gasteiger partial charge in [-0.25, -0.2) is 0 Å². The van der Waals surface area contributed by atoms with Crippen molar-refractivity contribution in [1.82, 2.24) is 10.2 Å². The Balaban J connectivity index is 1.45. The first-order valence-corrected chi connectivity index (χ1v) is 11.0. The molecule has 0 radical (unpaired) electrons. The van der Waals surface area contributed by atoms with Crippen LogP contribution in [0.2, 0.25) is 0 Å². The van der Waals surface area contributed by atoms with E-state index in [2.05, 4.69) is 5.32 Å². The highest BCUT2D eigenvalue weighted by molar-refractivity contribution is 6.03. The molecule has 1 heterocycles. The molecule has 1 aromatic carbocycles. The minimum atomic E-state index is -0.493. The van der Waals surface area contributed by atoms with Gasteiger partial charge in [-0.05, 0) is 48.8 Å². The number of methoxy groups -OCH3 is 2. The lowest BCUT2D eigenvalue weighted by molar-refractivity contribution is -0.168. The number of piperidine rings is 1. The second kappa shape index (κ2) is 8.89. The molecule has 1 aliphatic carbocycles. The summed E-state index contributed by atoms with van der Waals surface area (Å²) in [5, 5.41) is 2.91. The largest absolute Gasteiger partial charge is 0.493 e. The van der Waals surface area contributed by atoms with Gasteiger partial charge in [-0.15, -0.1) is 0 Å². The van der Waals surface area contributed by atoms with Gasteiger partial charge in [-0.2, -0.15) is 0 Å². The van der Waals surface area contributed by atoms with E-state index in [0.29, 0.717) is 37.4 Å². The van der Waals surface area contributed by atoms with Crippen LogP contribution in [0.15, 0.2) is 18.2 Å². The maximum atomic E-state index is 13.0. The van der Waals surface area contributed by atoms with Gasteiger partial charge in [0.05, 0.1) is 19.6 Å². The predicted molar refractivity (Wildman–Crippen MR) is 117 cm³/mol. The predicted octanol–water partition coefficient (Wildman–Crippen LogP) is 2.95. The fourth-order valence-corrected chi connectivity index (χ4v) is 4.98. The van der Waals surface area contributed by atoms with Crippen molar-refractivity contribution in [3.63, 3.8) is 0 Å². The number of carbonyl (C=O) groups excluding carboxylic acids is 3. The van der Waals surface area contributed by atoms with Crippen molar-refractivity contribution in [2.24, 2.45) is 16.7 Å². The minimum absolute atomic E-state index is 0.0705. The van der Waals surface area contributed by atoms with Crippen molar-refractivity contribution in [3.8, 4) is 11.5 Å². The minimum Gasteiger partial charge on any atom is -0.493 e. The van der Waals surface area contributed by atoms with Gasteiger partial charge in [0.25, 0.3) is 0 Å². The maximum Gasteiger partial charge on any atom is 0.235 e. The number of nitrogens with zero attached hydrogens (tertiary/aromatic N) is 1. The Morgan fingerprint density at radius 1 is 1.16 bits per heavy atom. The number of imide groups is 1. The normalized spacial score (nSPS) is 24.3. The summed E-state index contributed by atoms with van der Waals surface area (Å²) in [7, 11) is 3.18. The van der Waals surface area contributed by atoms with Crippen LogP contribution < -0.4 is 14.8 Å². The van der Waals surface area contributed by atoms with Gasteiger partial charge in [0.2, 0.25) is 17.7 Å². The van der Waals surface area contributed by atoms with Gasteiger partial charge >= 0.3 is 0 Å². The van der Waals surface area contributed by atoms with Crippen molar-refractivity contribution in [1.29, 1.82) is 0 Å². The molecule has 2 fully saturated rings. The van der Waals surface area contributed by atoms with Crippen LogP contribution in [0.1, 0.15) is 52.0 Å². The molecule has 1 aromatic rings. The van der Waals surface area contributed by atoms with E-state index in [4.69, 9.17) is 9.47 Å². The molecule has 0 aromatic heterocycles. The first-order valence-electron chi connectivity index (χ1n) is 11.0. The molecule has 2 aliphatic rings. The molecule has 1 N–H and O–H groups in total. The van der Waals surface area contributed by atoms with Crippen LogP contribution in [0.5, 0.6) is 11.5 Å². The molecule has 1 saturated carbocycles. The van der Waals surface area contributed by atoms with Crippen LogP contribution in [-0.4, -0.2) is 49.9 Å². The highest BCUT2D eigenvalue weighted by Gasteiger charge is 2.64. The number of likely N-dealkylation sites (tertiary alicyclic amines) is 1. The Morgan fingerprint density at radius 3 is 2.55 bits per heavy atom. The standard InChI is InChI=1S/C24H34N2O5/c1-23(2)17-10-12-24(23,3)22(29)26(21(17)28)14-6-7-20(27)25-13-11-16-8-9-18(30-4)19(15-16)31-5/h8-9,15,17H,6-7,10-14H2,1-5H3,(H,25,27). The van der Waals surface area contributed by atoms with Crippen LogP contribution in [0, 0.1) is 16.7 Å². The van der Waals surface area contributed by atoms with E-state index in [1.54, 1.807) is 14.2 Å². The van der Waals surface area contributed by atoms with Crippen LogP contribution >= 0.6 is 0 Å². The molecule has 1 aliphatic heterocycles. The smallest absolute Gasteiger partial charge is 0.235 e. The molecule has 7 heteroatoms. The Morgan fingerprint density at radius 2 is 1.87 bits per heavy atom. The summed E-state index contributed by atoms with van der Waals surface area (Å²) in [6.07, 6.45) is 2.95. The van der Waals surface area contributed by atoms with Crippen molar-refractivity contribution >= 4 is 17.7 Å². The zero-order valence-electron chi connectivity index (χ0n) is 19.2. The summed E-state index contributed by atoms with van der Waals surface area (Å²) >= 11 is 0. The van der Waals surface area contributed by atoms with Gasteiger partial charge < -0.3 is 14.8 Å². The fraction of sp³-hybridized carbons (Fsp3) is 0.625. The number of ether oxygens (including phenoxy) is 2. The molecule has 7 nitrogen and oxygen atoms in total. The number of hydrogen-bond donors (Lipinski definition) is 1. The van der Waals surface area contributed by atoms with Crippen molar-refractivity contribution in [2.45, 2.75) is 52.9 Å². The SMILES string of the molecule is COc1ccc(CCNC(=O)CCCN2C(=O)C3CCC(C)(C2=O)C3(C)C)cc1OC. The Labute approximate surface area is 184 Å². The van der Waals surface area contributed by atoms with Gasteiger partial charge in [0.15, 0.2) is 11.5 Å². The van der Waals surface area contributed by atoms with E-state index >= 15 is 0 Å². The van der Waals surface area contributed by atoms with E-state index in [-0.39, 0.29) is 35.5 Å². The second-order valence-corrected chi connectivity index (χ2v) is 9.33. The number of amides is 3. The molecule has 2 bridgehead atoms. The quantitative estimate of drug-likeness (QED) is 0.609. The summed E-state index contributed by atoms with van der Waals surface area (Å²) < 4.78 is 10.5. The molecular formula is C24H34N2O5. The van der Waals surface area contributed by atoms with Crippen LogP contribution in [-0.2, 0) is 20.8 Å². The molecule has 2 unspecified atom stereocenters. The lowest BCUT2D eigenvalue weighted by atomic mass is 9.62. The average Bonchev–Trinajstić information content (AvgIpc) is 2.93. The summed E-state index contributed by atoms with van der Waals surface area (Å²) in [6, 6.07) is 5.68. The Kier molecular flexibility index (Phi) is 6.62. The Hall–Kier alpha value is -2.57. The summed E-state index contributed by atoms with van der Waals surface area (Å²) in [4.78, 5) is 39.5. The molecule has 1 saturated heterocycles. The lowest BCUT2D eigenvalue weighted by Crippen LogP contribution is -2.59. The van der Waals surface area contributed by atoms with Crippen LogP contribution in [0.3, 0.4) is 0 Å². The fourth-order valence-electron chi connectivity index (χ4n) is 4.98. The average molecular weight is 431 g/mol. The number of carbonyl (C=O) groups is 3. The van der Waals surface area contributed by atoms with Crippen LogP contribution in [0.25, 0.3) is 0 Å². The van der Waals surface area contributed by atoms with Crippen molar-refractivity contribution in [3.05, 3.63) is 23.8 Å². The van der Waals surface area contributed by atoms with E-state index in [1.165, 1.54) is 4.90 Å². The van der Waals surface area contributed by atoms with Gasteiger partial charge in [-0.1, -0.05) is 26.8 Å². The topological polar surface area (TPSA) is 84.9 Å². The first-order chi connectivity index (χ1) is 14.7. The third-order valence-electron chi connectivity index (χ3n) is 7.48. The molecule has 2 atom stereocenters. The highest BCUT2D eigenvalue weighted by Crippen LogP contribution is 2.60. The molecule has 3 amide bonds. The Bertz CT molecular complexity index is 866. The second-order valence-electron chi connectivity index (χ2n) is 9.33. The number of fused-ring (bicyclic) bond motifs is 2.